The summed E-state index contributed by atoms with van der Waals surface area (Å²) in [6.45, 7) is 2.82. The highest BCUT2D eigenvalue weighted by molar-refractivity contribution is 7.99. The first-order valence-electron chi connectivity index (χ1n) is 3.55. The number of carbonyl (C=O) groups is 1. The van der Waals surface area contributed by atoms with Gasteiger partial charge in [-0.3, -0.25) is 4.90 Å². The predicted octanol–water partition coefficient (Wildman–Crippen LogP) is 0.623. The highest BCUT2D eigenvalue weighted by Crippen LogP contribution is 2.18. The van der Waals surface area contributed by atoms with Crippen molar-refractivity contribution >= 4 is 18.0 Å². The van der Waals surface area contributed by atoms with Crippen LogP contribution in [0.2, 0.25) is 0 Å². The molecule has 1 heterocycles. The molecule has 0 saturated carbocycles. The summed E-state index contributed by atoms with van der Waals surface area (Å²) >= 11 is 1.90. The maximum absolute atomic E-state index is 10.1. The summed E-state index contributed by atoms with van der Waals surface area (Å²) in [7, 11) is 0. The number of hydrogen-bond acceptors (Lipinski definition) is 3. The summed E-state index contributed by atoms with van der Waals surface area (Å²) < 4.78 is 0. The summed E-state index contributed by atoms with van der Waals surface area (Å²) in [6, 6.07) is 0. The van der Waals surface area contributed by atoms with E-state index in [-0.39, 0.29) is 0 Å². The van der Waals surface area contributed by atoms with Gasteiger partial charge in [0.25, 0.3) is 0 Å². The molecule has 0 amide bonds. The molecule has 1 saturated heterocycles. The van der Waals surface area contributed by atoms with Crippen LogP contribution in [0.15, 0.2) is 0 Å². The van der Waals surface area contributed by atoms with Gasteiger partial charge >= 0.3 is 0 Å². The fourth-order valence-corrected chi connectivity index (χ4v) is 1.96. The minimum Gasteiger partial charge on any atom is -0.302 e. The molecule has 0 bridgehead atoms. The molecular formula is C7H13NOS. The van der Waals surface area contributed by atoms with E-state index in [1.165, 1.54) is 6.42 Å². The topological polar surface area (TPSA) is 20.3 Å². The van der Waals surface area contributed by atoms with Crippen LogP contribution in [0, 0.1) is 0 Å². The minimum absolute atomic E-state index is 0.622. The number of carbonyl (C=O) groups excluding carboxylic acids is 1. The number of likely N-dealkylation sites (tertiary alicyclic amines) is 1. The van der Waals surface area contributed by atoms with Gasteiger partial charge in [-0.25, -0.2) is 0 Å². The Morgan fingerprint density at radius 1 is 1.80 bits per heavy atom. The zero-order chi connectivity index (χ0) is 7.40. The van der Waals surface area contributed by atoms with Gasteiger partial charge in [-0.1, -0.05) is 0 Å². The molecule has 0 aliphatic carbocycles. The van der Waals surface area contributed by atoms with Crippen molar-refractivity contribution in [2.24, 2.45) is 0 Å². The largest absolute Gasteiger partial charge is 0.302 e. The Labute approximate surface area is 66.0 Å². The molecule has 2 nitrogen and oxygen atoms in total. The van der Waals surface area contributed by atoms with E-state index in [2.05, 4.69) is 11.2 Å². The van der Waals surface area contributed by atoms with E-state index in [1.807, 2.05) is 11.8 Å². The van der Waals surface area contributed by atoms with Crippen LogP contribution in [-0.2, 0) is 4.79 Å². The van der Waals surface area contributed by atoms with Crippen molar-refractivity contribution < 1.29 is 4.79 Å². The average Bonchev–Trinajstić information content (AvgIpc) is 2.37. The van der Waals surface area contributed by atoms with Crippen molar-refractivity contribution in [2.45, 2.75) is 11.7 Å². The van der Waals surface area contributed by atoms with Crippen LogP contribution >= 0.6 is 11.8 Å². The molecule has 0 aromatic heterocycles. The standard InChI is InChI=1S/C7H13NOS/c1-10-7-2-3-8(6-7)4-5-9/h5,7H,2-4,6H2,1H3. The van der Waals surface area contributed by atoms with E-state index in [0.29, 0.717) is 6.54 Å². The van der Waals surface area contributed by atoms with E-state index in [0.717, 1.165) is 24.6 Å². The molecule has 1 aliphatic heterocycles. The zero-order valence-electron chi connectivity index (χ0n) is 6.25. The lowest BCUT2D eigenvalue weighted by atomic mass is 10.4. The van der Waals surface area contributed by atoms with Gasteiger partial charge < -0.3 is 4.79 Å². The van der Waals surface area contributed by atoms with Crippen molar-refractivity contribution in [3.63, 3.8) is 0 Å². The average molecular weight is 159 g/mol. The molecule has 58 valence electrons. The number of aldehydes is 1. The van der Waals surface area contributed by atoms with Crippen molar-refractivity contribution in [1.82, 2.24) is 4.90 Å². The Balaban J connectivity index is 2.21. The monoisotopic (exact) mass is 159 g/mol. The summed E-state index contributed by atoms with van der Waals surface area (Å²) in [5.74, 6) is 0. The maximum atomic E-state index is 10.1. The number of hydrogen-bond donors (Lipinski definition) is 0. The molecule has 3 heteroatoms. The fraction of sp³-hybridized carbons (Fsp3) is 0.857. The normalized spacial score (nSPS) is 27.1. The third kappa shape index (κ3) is 1.99. The Morgan fingerprint density at radius 2 is 2.60 bits per heavy atom. The lowest BCUT2D eigenvalue weighted by Gasteiger charge is -2.09. The first kappa shape index (κ1) is 8.08. The molecule has 0 radical (unpaired) electrons. The van der Waals surface area contributed by atoms with Gasteiger partial charge in [0.1, 0.15) is 6.29 Å². The van der Waals surface area contributed by atoms with Gasteiger partial charge in [0.05, 0.1) is 6.54 Å². The second kappa shape index (κ2) is 3.98. The maximum Gasteiger partial charge on any atom is 0.133 e. The first-order valence-corrected chi connectivity index (χ1v) is 4.84. The van der Waals surface area contributed by atoms with E-state index >= 15 is 0 Å². The molecule has 0 N–H and O–H groups in total. The second-order valence-electron chi connectivity index (χ2n) is 2.57. The lowest BCUT2D eigenvalue weighted by molar-refractivity contribution is -0.108. The Hall–Kier alpha value is -0.0200. The van der Waals surface area contributed by atoms with Gasteiger partial charge in [-0.2, -0.15) is 11.8 Å². The van der Waals surface area contributed by atoms with Crippen LogP contribution in [0.3, 0.4) is 0 Å². The van der Waals surface area contributed by atoms with E-state index in [4.69, 9.17) is 0 Å². The Bertz CT molecular complexity index is 118. The van der Waals surface area contributed by atoms with E-state index in [1.54, 1.807) is 0 Å². The molecule has 1 aliphatic rings. The van der Waals surface area contributed by atoms with E-state index < -0.39 is 0 Å². The number of thioether (sulfide) groups is 1. The van der Waals surface area contributed by atoms with Gasteiger partial charge in [-0.05, 0) is 19.2 Å². The zero-order valence-corrected chi connectivity index (χ0v) is 7.06. The summed E-state index contributed by atoms with van der Waals surface area (Å²) in [4.78, 5) is 12.3. The summed E-state index contributed by atoms with van der Waals surface area (Å²) in [5, 5.41) is 0.764. The van der Waals surface area contributed by atoms with Gasteiger partial charge in [-0.15, -0.1) is 0 Å². The predicted molar refractivity (Wildman–Crippen MR) is 44.4 cm³/mol. The minimum atomic E-state index is 0.622. The summed E-state index contributed by atoms with van der Waals surface area (Å²) in [5.41, 5.74) is 0. The van der Waals surface area contributed by atoms with Crippen LogP contribution in [0.4, 0.5) is 0 Å². The SMILES string of the molecule is CSC1CCN(CC=O)C1. The Morgan fingerprint density at radius 3 is 3.10 bits per heavy atom. The molecule has 1 fully saturated rings. The second-order valence-corrected chi connectivity index (χ2v) is 3.71. The molecule has 0 spiro atoms. The third-order valence-electron chi connectivity index (χ3n) is 1.90. The molecule has 10 heavy (non-hydrogen) atoms. The molecular weight excluding hydrogens is 146 g/mol. The van der Waals surface area contributed by atoms with Crippen molar-refractivity contribution in [3.05, 3.63) is 0 Å². The molecule has 0 aromatic carbocycles. The molecule has 0 aromatic rings. The fourth-order valence-electron chi connectivity index (χ4n) is 1.26. The first-order chi connectivity index (χ1) is 4.86. The van der Waals surface area contributed by atoms with Crippen LogP contribution in [0.25, 0.3) is 0 Å². The Kier molecular flexibility index (Phi) is 3.22. The van der Waals surface area contributed by atoms with Crippen LogP contribution in [0.1, 0.15) is 6.42 Å². The van der Waals surface area contributed by atoms with Crippen LogP contribution in [-0.4, -0.2) is 42.3 Å². The highest BCUT2D eigenvalue weighted by Gasteiger charge is 2.20. The molecule has 1 unspecified atom stereocenters. The molecule has 1 rings (SSSR count). The third-order valence-corrected chi connectivity index (χ3v) is 2.95. The number of rotatable bonds is 3. The number of nitrogens with zero attached hydrogens (tertiary/aromatic N) is 1. The lowest BCUT2D eigenvalue weighted by Crippen LogP contribution is -2.23. The van der Waals surface area contributed by atoms with Gasteiger partial charge in [0.2, 0.25) is 0 Å². The summed E-state index contributed by atoms with van der Waals surface area (Å²) in [6.07, 6.45) is 4.37. The van der Waals surface area contributed by atoms with Gasteiger partial charge in [0.15, 0.2) is 0 Å². The van der Waals surface area contributed by atoms with Crippen molar-refractivity contribution in [2.75, 3.05) is 25.9 Å². The smallest absolute Gasteiger partial charge is 0.133 e. The van der Waals surface area contributed by atoms with Crippen molar-refractivity contribution in [1.29, 1.82) is 0 Å². The van der Waals surface area contributed by atoms with E-state index in [9.17, 15) is 4.79 Å². The van der Waals surface area contributed by atoms with Crippen molar-refractivity contribution in [3.8, 4) is 0 Å². The molecule has 1 atom stereocenters. The van der Waals surface area contributed by atoms with Crippen LogP contribution in [0.5, 0.6) is 0 Å². The van der Waals surface area contributed by atoms with Gasteiger partial charge in [0, 0.05) is 11.8 Å². The van der Waals surface area contributed by atoms with Crippen LogP contribution < -0.4 is 0 Å². The highest BCUT2D eigenvalue weighted by atomic mass is 32.2. The quantitative estimate of drug-likeness (QED) is 0.563.